The second kappa shape index (κ2) is 6.08. The molecular formula is C19H17NO3. The van der Waals surface area contributed by atoms with Crippen molar-refractivity contribution in [2.45, 2.75) is 20.0 Å². The number of carbonyl (C=O) groups is 2. The van der Waals surface area contributed by atoms with Crippen LogP contribution in [-0.4, -0.2) is 11.9 Å². The topological polar surface area (TPSA) is 55.4 Å². The molecule has 4 nitrogen and oxygen atoms in total. The van der Waals surface area contributed by atoms with Crippen molar-refractivity contribution in [1.29, 1.82) is 0 Å². The Bertz CT molecular complexity index is 808. The summed E-state index contributed by atoms with van der Waals surface area (Å²) in [7, 11) is 0. The van der Waals surface area contributed by atoms with Crippen molar-refractivity contribution in [2.24, 2.45) is 0 Å². The lowest BCUT2D eigenvalue weighted by atomic mass is 10.1. The Balaban J connectivity index is 1.88. The summed E-state index contributed by atoms with van der Waals surface area (Å²) in [6.45, 7) is 3.23. The van der Waals surface area contributed by atoms with Gasteiger partial charge in [0.1, 0.15) is 6.10 Å². The molecule has 0 spiro atoms. The molecule has 0 saturated heterocycles. The van der Waals surface area contributed by atoms with Gasteiger partial charge in [-0.2, -0.15) is 0 Å². The summed E-state index contributed by atoms with van der Waals surface area (Å²) in [6, 6.07) is 13.1. The average Bonchev–Trinajstić information content (AvgIpc) is 2.90. The van der Waals surface area contributed by atoms with Crippen LogP contribution in [0.4, 0.5) is 5.69 Å². The minimum Gasteiger partial charge on any atom is -0.450 e. The summed E-state index contributed by atoms with van der Waals surface area (Å²) in [5, 5.41) is 2.68. The Morgan fingerprint density at radius 2 is 1.87 bits per heavy atom. The molecule has 1 unspecified atom stereocenters. The Kier molecular flexibility index (Phi) is 3.98. The third kappa shape index (κ3) is 3.01. The largest absolute Gasteiger partial charge is 0.450 e. The summed E-state index contributed by atoms with van der Waals surface area (Å²) < 4.78 is 5.65. The lowest BCUT2D eigenvalue weighted by Crippen LogP contribution is -2.15. The Labute approximate surface area is 134 Å². The average molecular weight is 307 g/mol. The zero-order chi connectivity index (χ0) is 16.4. The van der Waals surface area contributed by atoms with Gasteiger partial charge in [0.25, 0.3) is 0 Å². The van der Waals surface area contributed by atoms with E-state index in [9.17, 15) is 9.59 Å². The van der Waals surface area contributed by atoms with Crippen molar-refractivity contribution < 1.29 is 14.3 Å². The predicted molar refractivity (Wildman–Crippen MR) is 89.1 cm³/mol. The third-order valence-corrected chi connectivity index (χ3v) is 3.77. The first kappa shape index (κ1) is 15.0. The molecule has 0 aliphatic heterocycles. The maximum atomic E-state index is 12.6. The smallest absolute Gasteiger partial charge is 0.341 e. The van der Waals surface area contributed by atoms with E-state index in [1.807, 2.05) is 49.4 Å². The zero-order valence-corrected chi connectivity index (χ0v) is 13.0. The number of carbonyl (C=O) groups excluding carboxylic acids is 2. The van der Waals surface area contributed by atoms with Gasteiger partial charge in [-0.05, 0) is 30.2 Å². The van der Waals surface area contributed by atoms with Crippen molar-refractivity contribution in [3.05, 3.63) is 70.8 Å². The number of nitrogens with one attached hydrogen (secondary N) is 1. The SMILES string of the molecule is CC(=O)Nc1cccc(C)c1C(=O)OC1C=Cc2ccccc21. The van der Waals surface area contributed by atoms with Crippen LogP contribution < -0.4 is 5.32 Å². The van der Waals surface area contributed by atoms with E-state index in [0.717, 1.165) is 16.7 Å². The maximum Gasteiger partial charge on any atom is 0.341 e. The fourth-order valence-corrected chi connectivity index (χ4v) is 2.73. The maximum absolute atomic E-state index is 12.6. The quantitative estimate of drug-likeness (QED) is 0.876. The van der Waals surface area contributed by atoms with Crippen molar-refractivity contribution in [1.82, 2.24) is 0 Å². The Morgan fingerprint density at radius 1 is 1.09 bits per heavy atom. The monoisotopic (exact) mass is 307 g/mol. The summed E-state index contributed by atoms with van der Waals surface area (Å²) in [6.07, 6.45) is 3.40. The highest BCUT2D eigenvalue weighted by Crippen LogP contribution is 2.32. The minimum atomic E-state index is -0.446. The molecule has 0 saturated carbocycles. The van der Waals surface area contributed by atoms with Gasteiger partial charge >= 0.3 is 5.97 Å². The number of hydrogen-bond acceptors (Lipinski definition) is 3. The molecule has 1 N–H and O–H groups in total. The second-order valence-electron chi connectivity index (χ2n) is 5.49. The highest BCUT2D eigenvalue weighted by atomic mass is 16.5. The van der Waals surface area contributed by atoms with Gasteiger partial charge in [-0.3, -0.25) is 4.79 Å². The van der Waals surface area contributed by atoms with E-state index >= 15 is 0 Å². The molecule has 4 heteroatoms. The van der Waals surface area contributed by atoms with E-state index in [2.05, 4.69) is 5.32 Å². The van der Waals surface area contributed by atoms with Crippen LogP contribution in [0.1, 0.15) is 40.1 Å². The van der Waals surface area contributed by atoms with E-state index < -0.39 is 12.1 Å². The van der Waals surface area contributed by atoms with Gasteiger partial charge in [-0.1, -0.05) is 42.5 Å². The predicted octanol–water partition coefficient (Wildman–Crippen LogP) is 3.88. The van der Waals surface area contributed by atoms with E-state index in [4.69, 9.17) is 4.74 Å². The van der Waals surface area contributed by atoms with E-state index in [1.54, 1.807) is 12.1 Å². The second-order valence-corrected chi connectivity index (χ2v) is 5.49. The number of aryl methyl sites for hydroxylation is 1. The molecule has 1 amide bonds. The van der Waals surface area contributed by atoms with Gasteiger partial charge in [0.05, 0.1) is 11.3 Å². The van der Waals surface area contributed by atoms with Gasteiger partial charge < -0.3 is 10.1 Å². The van der Waals surface area contributed by atoms with Crippen LogP contribution in [0, 0.1) is 6.92 Å². The number of anilines is 1. The van der Waals surface area contributed by atoms with Crippen molar-refractivity contribution >= 4 is 23.6 Å². The Hall–Kier alpha value is -2.88. The molecule has 3 rings (SSSR count). The molecular weight excluding hydrogens is 290 g/mol. The molecule has 23 heavy (non-hydrogen) atoms. The lowest BCUT2D eigenvalue weighted by molar-refractivity contribution is -0.114. The van der Waals surface area contributed by atoms with Crippen LogP contribution in [0.5, 0.6) is 0 Å². The highest BCUT2D eigenvalue weighted by molar-refractivity contribution is 6.02. The van der Waals surface area contributed by atoms with Gasteiger partial charge in [0.15, 0.2) is 0 Å². The number of ether oxygens (including phenoxy) is 1. The summed E-state index contributed by atoms with van der Waals surface area (Å²) >= 11 is 0. The lowest BCUT2D eigenvalue weighted by Gasteiger charge is -2.16. The first-order valence-corrected chi connectivity index (χ1v) is 7.41. The van der Waals surface area contributed by atoms with E-state index in [0.29, 0.717) is 11.3 Å². The van der Waals surface area contributed by atoms with Crippen LogP contribution in [0.25, 0.3) is 6.08 Å². The molecule has 1 aliphatic carbocycles. The number of hydrogen-bond donors (Lipinski definition) is 1. The first-order valence-electron chi connectivity index (χ1n) is 7.41. The minimum absolute atomic E-state index is 0.226. The van der Waals surface area contributed by atoms with Gasteiger partial charge in [-0.25, -0.2) is 4.79 Å². The van der Waals surface area contributed by atoms with Crippen LogP contribution in [-0.2, 0) is 9.53 Å². The van der Waals surface area contributed by atoms with Crippen molar-refractivity contribution in [3.63, 3.8) is 0 Å². The normalized spacial score (nSPS) is 15.1. The van der Waals surface area contributed by atoms with Gasteiger partial charge in [0, 0.05) is 12.5 Å². The van der Waals surface area contributed by atoms with E-state index in [-0.39, 0.29) is 5.91 Å². The van der Waals surface area contributed by atoms with Gasteiger partial charge in [0.2, 0.25) is 5.91 Å². The number of fused-ring (bicyclic) bond motifs is 1. The molecule has 2 aromatic carbocycles. The van der Waals surface area contributed by atoms with E-state index in [1.165, 1.54) is 6.92 Å². The number of amides is 1. The molecule has 116 valence electrons. The summed E-state index contributed by atoms with van der Waals surface area (Å²) in [5.41, 5.74) is 3.64. The standard InChI is InChI=1S/C19H17NO3/c1-12-6-5-9-16(20-13(2)21)18(12)19(22)23-17-11-10-14-7-3-4-8-15(14)17/h3-11,17H,1-2H3,(H,20,21). The summed E-state index contributed by atoms with van der Waals surface area (Å²) in [4.78, 5) is 24.0. The van der Waals surface area contributed by atoms with Gasteiger partial charge in [-0.15, -0.1) is 0 Å². The molecule has 0 fully saturated rings. The molecule has 0 aromatic heterocycles. The number of rotatable bonds is 3. The molecule has 0 bridgehead atoms. The highest BCUT2D eigenvalue weighted by Gasteiger charge is 2.24. The van der Waals surface area contributed by atoms with Crippen LogP contribution in [0.3, 0.4) is 0 Å². The van der Waals surface area contributed by atoms with Crippen LogP contribution in [0.2, 0.25) is 0 Å². The summed E-state index contributed by atoms with van der Waals surface area (Å²) in [5.74, 6) is -0.672. The first-order chi connectivity index (χ1) is 11.1. The molecule has 1 aliphatic rings. The number of esters is 1. The van der Waals surface area contributed by atoms with Crippen molar-refractivity contribution in [2.75, 3.05) is 5.32 Å². The number of benzene rings is 2. The van der Waals surface area contributed by atoms with Crippen LogP contribution >= 0.6 is 0 Å². The fraction of sp³-hybridized carbons (Fsp3) is 0.158. The fourth-order valence-electron chi connectivity index (χ4n) is 2.73. The van der Waals surface area contributed by atoms with Crippen molar-refractivity contribution in [3.8, 4) is 0 Å². The third-order valence-electron chi connectivity index (χ3n) is 3.77. The molecule has 2 aromatic rings. The molecule has 1 atom stereocenters. The molecule has 0 heterocycles. The van der Waals surface area contributed by atoms with Crippen LogP contribution in [0.15, 0.2) is 48.5 Å². The zero-order valence-electron chi connectivity index (χ0n) is 13.0. The molecule has 0 radical (unpaired) electrons. The Morgan fingerprint density at radius 3 is 2.65 bits per heavy atom.